The molecule has 4 rings (SSSR count). The fourth-order valence-corrected chi connectivity index (χ4v) is 3.82. The number of rotatable bonds is 2. The number of fused-ring (bicyclic) bond motifs is 3. The van der Waals surface area contributed by atoms with E-state index in [1.807, 2.05) is 0 Å². The molecule has 1 aromatic rings. The van der Waals surface area contributed by atoms with Gasteiger partial charge in [-0.05, 0) is 27.7 Å². The number of carbonyl (C=O) groups is 1. The van der Waals surface area contributed by atoms with Gasteiger partial charge in [-0.3, -0.25) is 10.1 Å². The molecule has 0 radical (unpaired) electrons. The highest BCUT2D eigenvalue weighted by Crippen LogP contribution is 2.44. The van der Waals surface area contributed by atoms with Crippen LogP contribution in [0.5, 0.6) is 0 Å². The van der Waals surface area contributed by atoms with Gasteiger partial charge in [-0.2, -0.15) is 0 Å². The van der Waals surface area contributed by atoms with Crippen LogP contribution in [0, 0.1) is 0 Å². The number of anilines is 1. The van der Waals surface area contributed by atoms with E-state index in [1.54, 1.807) is 39.3 Å². The predicted molar refractivity (Wildman–Crippen MR) is 83.3 cm³/mol. The fourth-order valence-electron chi connectivity index (χ4n) is 3.29. The zero-order chi connectivity index (χ0) is 17.1. The van der Waals surface area contributed by atoms with Gasteiger partial charge in [-0.15, -0.1) is 11.3 Å². The smallest absolute Gasteiger partial charge is 0.258 e. The Morgan fingerprint density at radius 1 is 1.08 bits per heavy atom. The van der Waals surface area contributed by atoms with E-state index in [1.165, 1.54) is 11.3 Å². The normalized spacial score (nSPS) is 39.2. The molecule has 4 heterocycles. The van der Waals surface area contributed by atoms with Crippen LogP contribution in [-0.4, -0.2) is 53.2 Å². The number of nitrogens with zero attached hydrogens (tertiary/aromatic N) is 1. The molecule has 24 heavy (non-hydrogen) atoms. The molecule has 8 nitrogen and oxygen atoms in total. The highest BCUT2D eigenvalue weighted by atomic mass is 32.1. The van der Waals surface area contributed by atoms with Crippen molar-refractivity contribution in [3.63, 3.8) is 0 Å². The third-order valence-electron chi connectivity index (χ3n) is 4.08. The van der Waals surface area contributed by atoms with Crippen molar-refractivity contribution in [3.05, 3.63) is 11.6 Å². The van der Waals surface area contributed by atoms with E-state index in [0.717, 1.165) is 0 Å². The van der Waals surface area contributed by atoms with Gasteiger partial charge in [0.2, 0.25) is 0 Å². The van der Waals surface area contributed by atoms with Crippen molar-refractivity contribution in [1.29, 1.82) is 0 Å². The molecular weight excluding hydrogens is 336 g/mol. The van der Waals surface area contributed by atoms with Crippen molar-refractivity contribution in [1.82, 2.24) is 4.98 Å². The molecule has 5 atom stereocenters. The van der Waals surface area contributed by atoms with Gasteiger partial charge in [-0.25, -0.2) is 4.98 Å². The van der Waals surface area contributed by atoms with E-state index in [0.29, 0.717) is 5.13 Å². The first-order valence-corrected chi connectivity index (χ1v) is 8.69. The lowest BCUT2D eigenvalue weighted by Gasteiger charge is -2.36. The average Bonchev–Trinajstić information content (AvgIpc) is 3.13. The summed E-state index contributed by atoms with van der Waals surface area (Å²) in [6.07, 6.45) is -1.43. The maximum absolute atomic E-state index is 12.7. The minimum Gasteiger partial charge on any atom is -0.342 e. The van der Waals surface area contributed by atoms with E-state index in [9.17, 15) is 4.79 Å². The molecule has 132 valence electrons. The second-order valence-electron chi connectivity index (χ2n) is 6.92. The highest BCUT2D eigenvalue weighted by Gasteiger charge is 2.62. The van der Waals surface area contributed by atoms with Gasteiger partial charge in [0, 0.05) is 11.6 Å². The summed E-state index contributed by atoms with van der Waals surface area (Å²) in [4.78, 5) is 16.7. The number of carbonyl (C=O) groups excluding carboxylic acids is 1. The van der Waals surface area contributed by atoms with Gasteiger partial charge >= 0.3 is 0 Å². The zero-order valence-electron chi connectivity index (χ0n) is 13.8. The van der Waals surface area contributed by atoms with Crippen molar-refractivity contribution in [2.75, 3.05) is 5.32 Å². The number of aromatic nitrogens is 1. The van der Waals surface area contributed by atoms with Crippen LogP contribution >= 0.6 is 11.3 Å². The van der Waals surface area contributed by atoms with E-state index in [-0.39, 0.29) is 5.91 Å². The van der Waals surface area contributed by atoms with Crippen LogP contribution in [0.4, 0.5) is 5.13 Å². The molecule has 9 heteroatoms. The second kappa shape index (κ2) is 5.45. The van der Waals surface area contributed by atoms with Crippen LogP contribution in [0.3, 0.4) is 0 Å². The highest BCUT2D eigenvalue weighted by molar-refractivity contribution is 7.13. The van der Waals surface area contributed by atoms with E-state index in [4.69, 9.17) is 23.7 Å². The lowest BCUT2D eigenvalue weighted by atomic mass is 9.98. The van der Waals surface area contributed by atoms with Crippen LogP contribution in [0.1, 0.15) is 27.7 Å². The topological polar surface area (TPSA) is 88.1 Å². The number of nitrogens with one attached hydrogen (secondary N) is 1. The van der Waals surface area contributed by atoms with Gasteiger partial charge in [-0.1, -0.05) is 0 Å². The minimum atomic E-state index is -0.876. The monoisotopic (exact) mass is 356 g/mol. The summed E-state index contributed by atoms with van der Waals surface area (Å²) in [5.41, 5.74) is 0. The van der Waals surface area contributed by atoms with Gasteiger partial charge in [0.05, 0.1) is 0 Å². The van der Waals surface area contributed by atoms with Crippen LogP contribution in [0.25, 0.3) is 0 Å². The molecular formula is C15H20N2O6S. The summed E-state index contributed by atoms with van der Waals surface area (Å²) in [5, 5.41) is 5.03. The average molecular weight is 356 g/mol. The Morgan fingerprint density at radius 2 is 1.75 bits per heavy atom. The summed E-state index contributed by atoms with van der Waals surface area (Å²) >= 11 is 1.33. The summed E-state index contributed by atoms with van der Waals surface area (Å²) in [6.45, 7) is 7.21. The van der Waals surface area contributed by atoms with Crippen LogP contribution < -0.4 is 5.32 Å². The van der Waals surface area contributed by atoms with E-state index in [2.05, 4.69) is 10.3 Å². The fraction of sp³-hybridized carbons (Fsp3) is 0.733. The molecule has 3 fully saturated rings. The molecule has 3 saturated heterocycles. The molecule has 1 aromatic heterocycles. The van der Waals surface area contributed by atoms with Gasteiger partial charge < -0.3 is 23.7 Å². The Hall–Kier alpha value is -1.10. The summed E-state index contributed by atoms with van der Waals surface area (Å²) in [7, 11) is 0. The molecule has 3 aliphatic heterocycles. The molecule has 0 saturated carbocycles. The number of thiazole rings is 1. The minimum absolute atomic E-state index is 0.340. The third-order valence-corrected chi connectivity index (χ3v) is 4.76. The second-order valence-corrected chi connectivity index (χ2v) is 7.81. The number of hydrogen-bond acceptors (Lipinski definition) is 8. The molecule has 1 amide bonds. The summed E-state index contributed by atoms with van der Waals surface area (Å²) in [5.74, 6) is -1.98. The lowest BCUT2D eigenvalue weighted by molar-refractivity contribution is -0.229. The largest absolute Gasteiger partial charge is 0.342 e. The molecule has 3 aliphatic rings. The van der Waals surface area contributed by atoms with E-state index < -0.39 is 42.3 Å². The van der Waals surface area contributed by atoms with Crippen LogP contribution in [0.15, 0.2) is 11.6 Å². The molecule has 0 spiro atoms. The maximum atomic E-state index is 12.7. The van der Waals surface area contributed by atoms with E-state index >= 15 is 0 Å². The lowest BCUT2D eigenvalue weighted by Crippen LogP contribution is -2.58. The molecule has 0 unspecified atom stereocenters. The van der Waals surface area contributed by atoms with Crippen LogP contribution in [-0.2, 0) is 28.5 Å². The standard InChI is InChI=1S/C15H20N2O6S/c1-14(2)20-7-8(21-14)10-12(23-15(3,4)22-10)19-9(7)11(18)17-13-16-5-6-24-13/h5-10,12H,1-4H3,(H,16,17,18)/t7-,8+,9-,10-,12-/m1/s1. The Balaban J connectivity index is 1.59. The Labute approximate surface area is 143 Å². The van der Waals surface area contributed by atoms with Crippen molar-refractivity contribution in [2.24, 2.45) is 0 Å². The molecule has 0 aliphatic carbocycles. The van der Waals surface area contributed by atoms with Crippen molar-refractivity contribution >= 4 is 22.4 Å². The van der Waals surface area contributed by atoms with Crippen molar-refractivity contribution in [3.8, 4) is 0 Å². The number of ether oxygens (including phenoxy) is 5. The quantitative estimate of drug-likeness (QED) is 0.858. The van der Waals surface area contributed by atoms with Crippen LogP contribution in [0.2, 0.25) is 0 Å². The number of amides is 1. The first-order chi connectivity index (χ1) is 11.2. The first kappa shape index (κ1) is 16.4. The van der Waals surface area contributed by atoms with Gasteiger partial charge in [0.15, 0.2) is 29.1 Å². The third kappa shape index (κ3) is 2.85. The Morgan fingerprint density at radius 3 is 2.46 bits per heavy atom. The molecule has 0 bridgehead atoms. The van der Waals surface area contributed by atoms with Gasteiger partial charge in [0.25, 0.3) is 5.91 Å². The summed E-state index contributed by atoms with van der Waals surface area (Å²) in [6, 6.07) is 0. The van der Waals surface area contributed by atoms with Crippen molar-refractivity contribution < 1.29 is 28.5 Å². The Kier molecular flexibility index (Phi) is 3.72. The molecule has 0 aromatic carbocycles. The van der Waals surface area contributed by atoms with Gasteiger partial charge in [0.1, 0.15) is 18.3 Å². The predicted octanol–water partition coefficient (Wildman–Crippen LogP) is 1.48. The zero-order valence-corrected chi connectivity index (χ0v) is 14.7. The molecule has 1 N–H and O–H groups in total. The summed E-state index contributed by atoms with van der Waals surface area (Å²) < 4.78 is 29.4. The Bertz CT molecular complexity index is 634. The number of hydrogen-bond donors (Lipinski definition) is 1. The van der Waals surface area contributed by atoms with Crippen molar-refractivity contribution in [2.45, 2.75) is 70.0 Å². The first-order valence-electron chi connectivity index (χ1n) is 7.81. The SMILES string of the molecule is CC1(C)O[C@H]2[C@@H](O1)[C@H](C(=O)Nc1nccs1)O[C@@H]1OC(C)(C)O[C@@H]12. The maximum Gasteiger partial charge on any atom is 0.258 e.